The number of hydrogen-bond acceptors (Lipinski definition) is 3. The first-order valence-corrected chi connectivity index (χ1v) is 11.6. The molecule has 4 rings (SSSR count). The molecule has 0 aromatic heterocycles. The van der Waals surface area contributed by atoms with Crippen molar-refractivity contribution in [1.29, 1.82) is 0 Å². The highest BCUT2D eigenvalue weighted by atomic mass is 35.5. The molecule has 1 heterocycles. The van der Waals surface area contributed by atoms with E-state index >= 15 is 0 Å². The summed E-state index contributed by atoms with van der Waals surface area (Å²) in [6.45, 7) is 5.34. The molecular formula is C28H25ClF2O4. The van der Waals surface area contributed by atoms with Gasteiger partial charge in [0.05, 0.1) is 12.2 Å². The summed E-state index contributed by atoms with van der Waals surface area (Å²) in [5.41, 5.74) is 2.94. The summed E-state index contributed by atoms with van der Waals surface area (Å²) >= 11 is 6.29. The fraction of sp³-hybridized carbons (Fsp3) is 0.250. The van der Waals surface area contributed by atoms with Crippen molar-refractivity contribution in [2.24, 2.45) is 5.92 Å². The van der Waals surface area contributed by atoms with Crippen LogP contribution < -0.4 is 4.74 Å². The van der Waals surface area contributed by atoms with Crippen molar-refractivity contribution >= 4 is 17.6 Å². The van der Waals surface area contributed by atoms with Crippen LogP contribution in [0.25, 0.3) is 0 Å². The van der Waals surface area contributed by atoms with Gasteiger partial charge in [-0.1, -0.05) is 60.2 Å². The quantitative estimate of drug-likeness (QED) is 0.348. The lowest BCUT2D eigenvalue weighted by molar-refractivity contribution is -0.139. The number of carbonyl (C=O) groups is 1. The number of ether oxygens (including phenoxy) is 2. The van der Waals surface area contributed by atoms with Crippen molar-refractivity contribution in [1.82, 2.24) is 0 Å². The predicted octanol–water partition coefficient (Wildman–Crippen LogP) is 7.26. The van der Waals surface area contributed by atoms with Crippen LogP contribution >= 0.6 is 11.6 Å². The molecule has 4 atom stereocenters. The van der Waals surface area contributed by atoms with Gasteiger partial charge < -0.3 is 14.6 Å². The van der Waals surface area contributed by atoms with Crippen molar-refractivity contribution in [2.75, 3.05) is 6.61 Å². The lowest BCUT2D eigenvalue weighted by Gasteiger charge is -2.43. The van der Waals surface area contributed by atoms with Crippen molar-refractivity contribution in [2.45, 2.75) is 31.5 Å². The van der Waals surface area contributed by atoms with Crippen LogP contribution in [-0.2, 0) is 9.53 Å². The Labute approximate surface area is 207 Å². The Morgan fingerprint density at radius 1 is 1.09 bits per heavy atom. The fourth-order valence-corrected chi connectivity index (χ4v) is 4.86. The molecular weight excluding hydrogens is 474 g/mol. The number of halogens is 3. The molecule has 1 aliphatic rings. The van der Waals surface area contributed by atoms with Gasteiger partial charge in [-0.25, -0.2) is 13.6 Å². The zero-order valence-electron chi connectivity index (χ0n) is 19.1. The normalized spacial score (nSPS) is 21.9. The zero-order chi connectivity index (χ0) is 25.1. The van der Waals surface area contributed by atoms with E-state index in [9.17, 15) is 13.6 Å². The third-order valence-corrected chi connectivity index (χ3v) is 6.52. The van der Waals surface area contributed by atoms with E-state index < -0.39 is 30.6 Å². The number of rotatable bonds is 7. The van der Waals surface area contributed by atoms with Gasteiger partial charge in [-0.3, -0.25) is 0 Å². The highest BCUT2D eigenvalue weighted by Gasteiger charge is 2.42. The largest absolute Gasteiger partial charge is 0.479 e. The monoisotopic (exact) mass is 498 g/mol. The molecule has 35 heavy (non-hydrogen) atoms. The van der Waals surface area contributed by atoms with E-state index in [0.717, 1.165) is 16.7 Å². The third kappa shape index (κ3) is 5.55. The maximum absolute atomic E-state index is 14.8. The Morgan fingerprint density at radius 2 is 1.80 bits per heavy atom. The first-order chi connectivity index (χ1) is 16.7. The standard InChI is InChI=1S/C28H25ClF2O4/c1-16(2)22-14-23(18-5-3-6-19(29)13-18)26(17-9-11-20(30)12-10-17)35-27(22)21-7-4-8-24(31)28(21)34-15-25(32)33/h3-13,22-23,26-27H,1,14-15H2,2H3,(H,32,33)/t22-,23-,26+,27-/m1/s1. The summed E-state index contributed by atoms with van der Waals surface area (Å²) in [5, 5.41) is 9.66. The maximum atomic E-state index is 14.8. The Balaban J connectivity index is 1.81. The van der Waals surface area contributed by atoms with E-state index in [1.807, 2.05) is 25.1 Å². The minimum Gasteiger partial charge on any atom is -0.479 e. The molecule has 0 radical (unpaired) electrons. The van der Waals surface area contributed by atoms with Crippen molar-refractivity contribution in [3.05, 3.63) is 112 Å². The molecule has 182 valence electrons. The average molecular weight is 499 g/mol. The fourth-order valence-electron chi connectivity index (χ4n) is 4.67. The Morgan fingerprint density at radius 3 is 2.46 bits per heavy atom. The molecule has 0 aliphatic carbocycles. The SMILES string of the molecule is C=C(C)[C@H]1C[C@H](c2cccc(Cl)c2)[C@H](c2ccc(F)cc2)O[C@@H]1c1cccc(F)c1OCC(=O)O. The molecule has 1 N–H and O–H groups in total. The van der Waals surface area contributed by atoms with Crippen LogP contribution in [0.5, 0.6) is 5.75 Å². The van der Waals surface area contributed by atoms with Gasteiger partial charge in [0, 0.05) is 22.4 Å². The minimum absolute atomic E-state index is 0.144. The summed E-state index contributed by atoms with van der Waals surface area (Å²) in [7, 11) is 0. The van der Waals surface area contributed by atoms with Gasteiger partial charge >= 0.3 is 5.97 Å². The molecule has 1 saturated heterocycles. The van der Waals surface area contributed by atoms with E-state index in [-0.39, 0.29) is 23.4 Å². The first-order valence-electron chi connectivity index (χ1n) is 11.2. The number of aliphatic carboxylic acids is 1. The van der Waals surface area contributed by atoms with Crippen LogP contribution in [0.1, 0.15) is 48.2 Å². The summed E-state index contributed by atoms with van der Waals surface area (Å²) in [6.07, 6.45) is -0.584. The summed E-state index contributed by atoms with van der Waals surface area (Å²) < 4.78 is 40.5. The van der Waals surface area contributed by atoms with Crippen LogP contribution in [0.15, 0.2) is 78.9 Å². The molecule has 3 aromatic carbocycles. The molecule has 0 amide bonds. The Hall–Kier alpha value is -3.22. The minimum atomic E-state index is -1.22. The predicted molar refractivity (Wildman–Crippen MR) is 130 cm³/mol. The van der Waals surface area contributed by atoms with E-state index in [1.54, 1.807) is 24.3 Å². The van der Waals surface area contributed by atoms with Gasteiger partial charge in [0.2, 0.25) is 0 Å². The number of carboxylic acids is 1. The zero-order valence-corrected chi connectivity index (χ0v) is 19.8. The summed E-state index contributed by atoms with van der Waals surface area (Å²) in [6, 6.07) is 18.0. The smallest absolute Gasteiger partial charge is 0.341 e. The van der Waals surface area contributed by atoms with Gasteiger partial charge in [-0.05, 0) is 54.8 Å². The highest BCUT2D eigenvalue weighted by Crippen LogP contribution is 2.53. The lowest BCUT2D eigenvalue weighted by Crippen LogP contribution is -2.32. The van der Waals surface area contributed by atoms with Crippen LogP contribution in [0.2, 0.25) is 5.02 Å². The van der Waals surface area contributed by atoms with Crippen LogP contribution in [0, 0.1) is 17.6 Å². The lowest BCUT2D eigenvalue weighted by atomic mass is 9.74. The molecule has 4 nitrogen and oxygen atoms in total. The van der Waals surface area contributed by atoms with E-state index in [2.05, 4.69) is 6.58 Å². The second kappa shape index (κ2) is 10.6. The van der Waals surface area contributed by atoms with Crippen molar-refractivity contribution in [3.8, 4) is 5.75 Å². The molecule has 0 spiro atoms. The van der Waals surface area contributed by atoms with Gasteiger partial charge in [-0.2, -0.15) is 0 Å². The van der Waals surface area contributed by atoms with E-state index in [1.165, 1.54) is 24.3 Å². The molecule has 0 saturated carbocycles. The van der Waals surface area contributed by atoms with Crippen LogP contribution in [0.4, 0.5) is 8.78 Å². The van der Waals surface area contributed by atoms with Crippen LogP contribution in [0.3, 0.4) is 0 Å². The second-order valence-corrected chi connectivity index (χ2v) is 9.16. The third-order valence-electron chi connectivity index (χ3n) is 6.28. The molecule has 1 aliphatic heterocycles. The second-order valence-electron chi connectivity index (χ2n) is 8.72. The van der Waals surface area contributed by atoms with Crippen LogP contribution in [-0.4, -0.2) is 17.7 Å². The van der Waals surface area contributed by atoms with Gasteiger partial charge in [0.1, 0.15) is 5.82 Å². The van der Waals surface area contributed by atoms with Gasteiger partial charge in [-0.15, -0.1) is 0 Å². The number of carboxylic acid groups (broad SMARTS) is 1. The Kier molecular flexibility index (Phi) is 7.53. The Bertz CT molecular complexity index is 1230. The number of benzene rings is 3. The topological polar surface area (TPSA) is 55.8 Å². The molecule has 0 unspecified atom stereocenters. The molecule has 1 fully saturated rings. The molecule has 3 aromatic rings. The average Bonchev–Trinajstić information content (AvgIpc) is 2.82. The van der Waals surface area contributed by atoms with E-state index in [4.69, 9.17) is 26.2 Å². The van der Waals surface area contributed by atoms with Gasteiger partial charge in [0.15, 0.2) is 18.2 Å². The molecule has 0 bridgehead atoms. The number of para-hydroxylation sites is 1. The highest BCUT2D eigenvalue weighted by molar-refractivity contribution is 6.30. The van der Waals surface area contributed by atoms with E-state index in [0.29, 0.717) is 17.0 Å². The summed E-state index contributed by atoms with van der Waals surface area (Å²) in [5.74, 6) is -2.80. The molecule has 7 heteroatoms. The van der Waals surface area contributed by atoms with Crippen molar-refractivity contribution < 1.29 is 28.2 Å². The number of hydrogen-bond donors (Lipinski definition) is 1. The van der Waals surface area contributed by atoms with Crippen molar-refractivity contribution in [3.63, 3.8) is 0 Å². The van der Waals surface area contributed by atoms with Gasteiger partial charge in [0.25, 0.3) is 0 Å². The first kappa shape index (κ1) is 24.9. The summed E-state index contributed by atoms with van der Waals surface area (Å²) in [4.78, 5) is 11.1. The maximum Gasteiger partial charge on any atom is 0.341 e.